The van der Waals surface area contributed by atoms with Crippen LogP contribution in [0.5, 0.6) is 11.5 Å². The minimum absolute atomic E-state index is 0.0761. The quantitative estimate of drug-likeness (QED) is 0.264. The molecular formula is C23H24Cl2N4O6. The van der Waals surface area contributed by atoms with Crippen LogP contribution >= 0.6 is 23.2 Å². The number of halogens is 2. The average molecular weight is 523 g/mol. The number of hydrazone groups is 1. The number of hydrogen-bond donors (Lipinski definition) is 3. The Labute approximate surface area is 211 Å². The number of carbonyl (C=O) groups excluding carboxylic acids is 3. The lowest BCUT2D eigenvalue weighted by molar-refractivity contribution is -0.139. The zero-order valence-corrected chi connectivity index (χ0v) is 20.3. The number of nitrogens with one attached hydrogen (secondary N) is 3. The first-order chi connectivity index (χ1) is 16.9. The first-order valence-corrected chi connectivity index (χ1v) is 11.4. The number of nitrogens with zero attached hydrogens (tertiary/aromatic N) is 1. The van der Waals surface area contributed by atoms with E-state index in [0.29, 0.717) is 22.9 Å². The van der Waals surface area contributed by atoms with Gasteiger partial charge in [0.25, 0.3) is 5.91 Å². The Balaban J connectivity index is 1.53. The number of rotatable bonds is 9. The Hall–Kier alpha value is -3.34. The van der Waals surface area contributed by atoms with Crippen molar-refractivity contribution in [1.82, 2.24) is 10.7 Å². The van der Waals surface area contributed by atoms with Gasteiger partial charge in [0.15, 0.2) is 18.1 Å². The molecule has 3 rings (SSSR count). The molecule has 2 aromatic rings. The number of hydrogen-bond acceptors (Lipinski definition) is 7. The van der Waals surface area contributed by atoms with Crippen molar-refractivity contribution in [3.63, 3.8) is 0 Å². The Morgan fingerprint density at radius 2 is 1.97 bits per heavy atom. The molecule has 1 saturated heterocycles. The second kappa shape index (κ2) is 12.9. The molecule has 3 amide bonds. The molecule has 3 N–H and O–H groups in total. The minimum Gasteiger partial charge on any atom is -0.493 e. The fourth-order valence-corrected chi connectivity index (χ4v) is 3.61. The molecule has 2 aromatic carbocycles. The topological polar surface area (TPSA) is 127 Å². The van der Waals surface area contributed by atoms with E-state index in [4.69, 9.17) is 37.4 Å². The van der Waals surface area contributed by atoms with Crippen molar-refractivity contribution in [3.8, 4) is 11.5 Å². The SMILES string of the molecule is COc1cc(/C=N\NC(=O)C(=O)NC[C@H]2CCCO2)cc(Cl)c1OCC(=O)Nc1ccccc1Cl. The van der Waals surface area contributed by atoms with Crippen LogP contribution in [0.3, 0.4) is 0 Å². The highest BCUT2D eigenvalue weighted by Gasteiger charge is 2.19. The third-order valence-corrected chi connectivity index (χ3v) is 5.46. The van der Waals surface area contributed by atoms with E-state index in [0.717, 1.165) is 12.8 Å². The van der Waals surface area contributed by atoms with Crippen LogP contribution in [0.2, 0.25) is 10.0 Å². The van der Waals surface area contributed by atoms with Crippen LogP contribution in [0.25, 0.3) is 0 Å². The van der Waals surface area contributed by atoms with Crippen LogP contribution in [0.15, 0.2) is 41.5 Å². The predicted octanol–water partition coefficient (Wildman–Crippen LogP) is 2.76. The van der Waals surface area contributed by atoms with Crippen LogP contribution in [-0.2, 0) is 19.1 Å². The summed E-state index contributed by atoms with van der Waals surface area (Å²) < 4.78 is 16.2. The van der Waals surface area contributed by atoms with E-state index in [1.54, 1.807) is 30.3 Å². The van der Waals surface area contributed by atoms with Gasteiger partial charge < -0.3 is 24.8 Å². The second-order valence-corrected chi connectivity index (χ2v) is 8.21. The second-order valence-electron chi connectivity index (χ2n) is 7.39. The van der Waals surface area contributed by atoms with Gasteiger partial charge in [0, 0.05) is 13.2 Å². The zero-order valence-electron chi connectivity index (χ0n) is 18.8. The van der Waals surface area contributed by atoms with Gasteiger partial charge in [-0.1, -0.05) is 35.3 Å². The van der Waals surface area contributed by atoms with Crippen LogP contribution in [0.4, 0.5) is 5.69 Å². The summed E-state index contributed by atoms with van der Waals surface area (Å²) in [6.07, 6.45) is 2.98. The first-order valence-electron chi connectivity index (χ1n) is 10.6. The van der Waals surface area contributed by atoms with Gasteiger partial charge in [-0.2, -0.15) is 5.10 Å². The van der Waals surface area contributed by atoms with Gasteiger partial charge in [-0.15, -0.1) is 0 Å². The molecule has 1 fully saturated rings. The van der Waals surface area contributed by atoms with Crippen molar-refractivity contribution in [2.24, 2.45) is 5.10 Å². The summed E-state index contributed by atoms with van der Waals surface area (Å²) in [5.74, 6) is -1.78. The van der Waals surface area contributed by atoms with E-state index in [9.17, 15) is 14.4 Å². The van der Waals surface area contributed by atoms with Gasteiger partial charge >= 0.3 is 11.8 Å². The maximum atomic E-state index is 12.2. The van der Waals surface area contributed by atoms with Crippen LogP contribution in [-0.4, -0.2) is 56.9 Å². The van der Waals surface area contributed by atoms with Gasteiger partial charge in [-0.05, 0) is 42.7 Å². The number of carbonyl (C=O) groups is 3. The summed E-state index contributed by atoms with van der Waals surface area (Å²) >= 11 is 12.3. The Morgan fingerprint density at radius 1 is 1.17 bits per heavy atom. The number of anilines is 1. The molecule has 0 saturated carbocycles. The molecule has 186 valence electrons. The third-order valence-electron chi connectivity index (χ3n) is 4.85. The van der Waals surface area contributed by atoms with E-state index < -0.39 is 17.7 Å². The van der Waals surface area contributed by atoms with Crippen LogP contribution in [0.1, 0.15) is 18.4 Å². The molecule has 1 atom stereocenters. The molecule has 0 unspecified atom stereocenters. The Bertz CT molecular complexity index is 1110. The van der Waals surface area contributed by atoms with Gasteiger partial charge in [-0.25, -0.2) is 5.43 Å². The highest BCUT2D eigenvalue weighted by molar-refractivity contribution is 6.35. The highest BCUT2D eigenvalue weighted by atomic mass is 35.5. The van der Waals surface area contributed by atoms with Crippen molar-refractivity contribution in [2.75, 3.05) is 32.2 Å². The maximum absolute atomic E-state index is 12.2. The van der Waals surface area contributed by atoms with Crippen LogP contribution < -0.4 is 25.5 Å². The molecule has 0 bridgehead atoms. The molecular weight excluding hydrogens is 499 g/mol. The van der Waals surface area contributed by atoms with Crippen molar-refractivity contribution in [3.05, 3.63) is 52.0 Å². The van der Waals surface area contributed by atoms with E-state index in [1.807, 2.05) is 0 Å². The average Bonchev–Trinajstić information content (AvgIpc) is 3.36. The highest BCUT2D eigenvalue weighted by Crippen LogP contribution is 2.36. The lowest BCUT2D eigenvalue weighted by Gasteiger charge is -2.13. The number of amides is 3. The number of para-hydroxylation sites is 1. The molecule has 12 heteroatoms. The first kappa shape index (κ1) is 26.3. The van der Waals surface area contributed by atoms with Gasteiger partial charge in [0.1, 0.15) is 0 Å². The number of methoxy groups -OCH3 is 1. The number of ether oxygens (including phenoxy) is 3. The summed E-state index contributed by atoms with van der Waals surface area (Å²) in [4.78, 5) is 36.0. The van der Waals surface area contributed by atoms with Crippen molar-refractivity contribution in [1.29, 1.82) is 0 Å². The molecule has 0 aliphatic carbocycles. The van der Waals surface area contributed by atoms with Crippen molar-refractivity contribution in [2.45, 2.75) is 18.9 Å². The molecule has 35 heavy (non-hydrogen) atoms. The predicted molar refractivity (Wildman–Crippen MR) is 131 cm³/mol. The Kier molecular flexibility index (Phi) is 9.71. The maximum Gasteiger partial charge on any atom is 0.329 e. The normalized spacial score (nSPS) is 15.0. The summed E-state index contributed by atoms with van der Waals surface area (Å²) in [6, 6.07) is 9.84. The van der Waals surface area contributed by atoms with E-state index >= 15 is 0 Å². The van der Waals surface area contributed by atoms with E-state index in [1.165, 1.54) is 19.4 Å². The summed E-state index contributed by atoms with van der Waals surface area (Å²) in [7, 11) is 1.41. The number of benzene rings is 2. The molecule has 10 nitrogen and oxygen atoms in total. The summed E-state index contributed by atoms with van der Waals surface area (Å²) in [5, 5.41) is 9.46. The molecule has 1 heterocycles. The van der Waals surface area contributed by atoms with Crippen LogP contribution in [0, 0.1) is 0 Å². The largest absolute Gasteiger partial charge is 0.493 e. The van der Waals surface area contributed by atoms with Crippen molar-refractivity contribution >= 4 is 52.8 Å². The molecule has 1 aliphatic rings. The van der Waals surface area contributed by atoms with Gasteiger partial charge in [0.05, 0.1) is 35.2 Å². The van der Waals surface area contributed by atoms with E-state index in [-0.39, 0.29) is 35.8 Å². The smallest absolute Gasteiger partial charge is 0.329 e. The molecule has 0 aromatic heterocycles. The summed E-state index contributed by atoms with van der Waals surface area (Å²) in [6.45, 7) is 0.578. The van der Waals surface area contributed by atoms with E-state index in [2.05, 4.69) is 21.2 Å². The van der Waals surface area contributed by atoms with Crippen molar-refractivity contribution < 1.29 is 28.6 Å². The molecule has 1 aliphatic heterocycles. The van der Waals surface area contributed by atoms with Gasteiger partial charge in [0.2, 0.25) is 0 Å². The molecule has 0 spiro atoms. The standard InChI is InChI=1S/C23H24Cl2N4O6/c1-33-19-10-14(11-27-29-23(32)22(31)26-12-15-5-4-8-34-15)9-17(25)21(19)35-13-20(30)28-18-7-3-2-6-16(18)24/h2-3,6-7,9-11,15H,4-5,8,12-13H2,1H3,(H,26,31)(H,28,30)(H,29,32)/b27-11-/t15-/m1/s1. The zero-order chi connectivity index (χ0) is 25.2. The van der Waals surface area contributed by atoms with Gasteiger partial charge in [-0.3, -0.25) is 14.4 Å². The monoisotopic (exact) mass is 522 g/mol. The third kappa shape index (κ3) is 7.84. The minimum atomic E-state index is -0.915. The summed E-state index contributed by atoms with van der Waals surface area (Å²) in [5.41, 5.74) is 3.06. The fraction of sp³-hybridized carbons (Fsp3) is 0.304. The Morgan fingerprint density at radius 3 is 2.69 bits per heavy atom. The fourth-order valence-electron chi connectivity index (χ4n) is 3.15. The lowest BCUT2D eigenvalue weighted by Crippen LogP contribution is -2.41. The lowest BCUT2D eigenvalue weighted by atomic mass is 10.2. The molecule has 0 radical (unpaired) electrons.